The van der Waals surface area contributed by atoms with Gasteiger partial charge in [0.15, 0.2) is 0 Å². The van der Waals surface area contributed by atoms with E-state index in [1.54, 1.807) is 25.4 Å². The predicted molar refractivity (Wildman–Crippen MR) is 76.8 cm³/mol. The number of rotatable bonds is 2. The molecule has 0 saturated heterocycles. The lowest BCUT2D eigenvalue weighted by molar-refractivity contribution is 0.0686. The van der Waals surface area contributed by atoms with Crippen molar-refractivity contribution in [2.45, 2.75) is 6.92 Å². The lowest BCUT2D eigenvalue weighted by atomic mass is 10.1. The Morgan fingerprint density at radius 3 is 2.86 bits per heavy atom. The molecule has 3 rings (SSSR count). The van der Waals surface area contributed by atoms with Crippen LogP contribution in [0.3, 0.4) is 0 Å². The highest BCUT2D eigenvalue weighted by Gasteiger charge is 2.14. The number of carboxylic acids is 1. The van der Waals surface area contributed by atoms with Crippen molar-refractivity contribution in [3.05, 3.63) is 64.3 Å². The molecule has 0 atom stereocenters. The number of pyridine rings is 1. The highest BCUT2D eigenvalue weighted by Crippen LogP contribution is 2.21. The van der Waals surface area contributed by atoms with E-state index in [9.17, 15) is 9.59 Å². The van der Waals surface area contributed by atoms with Crippen molar-refractivity contribution in [1.82, 2.24) is 14.8 Å². The second kappa shape index (κ2) is 4.82. The Hall–Kier alpha value is -3.02. The molecule has 6 nitrogen and oxygen atoms in total. The fourth-order valence-corrected chi connectivity index (χ4v) is 2.22. The molecule has 6 heteroatoms. The van der Waals surface area contributed by atoms with Crippen LogP contribution in [0.25, 0.3) is 16.5 Å². The van der Waals surface area contributed by atoms with E-state index in [1.807, 2.05) is 18.2 Å². The molecule has 0 saturated carbocycles. The zero-order valence-corrected chi connectivity index (χ0v) is 11.1. The second-order valence-electron chi connectivity index (χ2n) is 4.59. The van der Waals surface area contributed by atoms with Gasteiger partial charge in [-0.3, -0.25) is 9.78 Å². The van der Waals surface area contributed by atoms with Gasteiger partial charge in [0.1, 0.15) is 0 Å². The monoisotopic (exact) mass is 281 g/mol. The van der Waals surface area contributed by atoms with Gasteiger partial charge >= 0.3 is 5.97 Å². The third kappa shape index (κ3) is 2.16. The van der Waals surface area contributed by atoms with Gasteiger partial charge in [0.25, 0.3) is 0 Å². The van der Waals surface area contributed by atoms with Crippen LogP contribution in [0.1, 0.15) is 16.2 Å². The van der Waals surface area contributed by atoms with Gasteiger partial charge in [-0.2, -0.15) is 5.10 Å². The van der Waals surface area contributed by atoms with Crippen molar-refractivity contribution < 1.29 is 9.90 Å². The third-order valence-electron chi connectivity index (χ3n) is 3.20. The van der Waals surface area contributed by atoms with Gasteiger partial charge in [-0.25, -0.2) is 9.48 Å². The van der Waals surface area contributed by atoms with Crippen LogP contribution in [0, 0.1) is 6.92 Å². The number of hydrogen-bond donors (Lipinski definition) is 1. The largest absolute Gasteiger partial charge is 0.476 e. The summed E-state index contributed by atoms with van der Waals surface area (Å²) in [5, 5.41) is 14.8. The highest BCUT2D eigenvalue weighted by atomic mass is 16.4. The molecule has 1 N–H and O–H groups in total. The molecule has 0 unspecified atom stereocenters. The fraction of sp³-hybridized carbons (Fsp3) is 0.0667. The van der Waals surface area contributed by atoms with Gasteiger partial charge in [-0.15, -0.1) is 0 Å². The van der Waals surface area contributed by atoms with Crippen molar-refractivity contribution in [2.24, 2.45) is 0 Å². The number of aromatic nitrogens is 3. The maximum absolute atomic E-state index is 11.7. The first kappa shape index (κ1) is 13.0. The molecule has 104 valence electrons. The topological polar surface area (TPSA) is 85.1 Å². The van der Waals surface area contributed by atoms with Crippen molar-refractivity contribution >= 4 is 16.7 Å². The first-order valence-corrected chi connectivity index (χ1v) is 6.25. The molecule has 0 amide bonds. The second-order valence-corrected chi connectivity index (χ2v) is 4.59. The summed E-state index contributed by atoms with van der Waals surface area (Å²) in [6.45, 7) is 1.70. The molecule has 1 aromatic carbocycles. The van der Waals surface area contributed by atoms with Gasteiger partial charge in [0.2, 0.25) is 11.1 Å². The third-order valence-corrected chi connectivity index (χ3v) is 3.20. The molecule has 2 heterocycles. The molecule has 0 fully saturated rings. The van der Waals surface area contributed by atoms with Crippen LogP contribution < -0.4 is 5.43 Å². The van der Waals surface area contributed by atoms with Gasteiger partial charge in [-0.1, -0.05) is 12.1 Å². The van der Waals surface area contributed by atoms with Crippen LogP contribution >= 0.6 is 0 Å². The van der Waals surface area contributed by atoms with Gasteiger partial charge < -0.3 is 5.11 Å². The molecule has 0 bridgehead atoms. The van der Waals surface area contributed by atoms with E-state index in [0.717, 1.165) is 10.8 Å². The van der Waals surface area contributed by atoms with Crippen molar-refractivity contribution in [1.29, 1.82) is 0 Å². The summed E-state index contributed by atoms with van der Waals surface area (Å²) >= 11 is 0. The zero-order chi connectivity index (χ0) is 15.0. The number of hydrogen-bond acceptors (Lipinski definition) is 4. The first-order valence-electron chi connectivity index (χ1n) is 6.25. The smallest absolute Gasteiger partial charge is 0.360 e. The molecular weight excluding hydrogens is 270 g/mol. The Kier molecular flexibility index (Phi) is 2.98. The first-order chi connectivity index (χ1) is 10.1. The SMILES string of the molecule is Cc1cc(=O)c(C(=O)O)nn1-c1cccc2ccncc12. The average Bonchev–Trinajstić information content (AvgIpc) is 2.46. The Labute approximate surface area is 119 Å². The molecule has 0 aliphatic carbocycles. The normalized spacial score (nSPS) is 10.7. The molecular formula is C15H11N3O3. The van der Waals surface area contributed by atoms with E-state index in [1.165, 1.54) is 10.7 Å². The molecule has 0 radical (unpaired) electrons. The average molecular weight is 281 g/mol. The summed E-state index contributed by atoms with van der Waals surface area (Å²) in [4.78, 5) is 26.8. The van der Waals surface area contributed by atoms with Crippen LogP contribution in [0.15, 0.2) is 47.5 Å². The predicted octanol–water partition coefficient (Wildman–Crippen LogP) is 1.79. The van der Waals surface area contributed by atoms with Gasteiger partial charge in [0, 0.05) is 29.5 Å². The summed E-state index contributed by atoms with van der Waals surface area (Å²) in [5.41, 5.74) is 0.137. The van der Waals surface area contributed by atoms with E-state index in [0.29, 0.717) is 11.4 Å². The van der Waals surface area contributed by atoms with Crippen LogP contribution in [0.2, 0.25) is 0 Å². The number of benzene rings is 1. The van der Waals surface area contributed by atoms with Crippen molar-refractivity contribution in [3.8, 4) is 5.69 Å². The van der Waals surface area contributed by atoms with Crippen LogP contribution in [0.4, 0.5) is 0 Å². The minimum Gasteiger partial charge on any atom is -0.476 e. The Bertz CT molecular complexity index is 910. The number of nitrogens with zero attached hydrogens (tertiary/aromatic N) is 3. The molecule has 0 aliphatic heterocycles. The number of fused-ring (bicyclic) bond motifs is 1. The zero-order valence-electron chi connectivity index (χ0n) is 11.1. The summed E-state index contributed by atoms with van der Waals surface area (Å²) < 4.78 is 1.45. The molecule has 2 aromatic heterocycles. The number of carbonyl (C=O) groups is 1. The Morgan fingerprint density at radius 1 is 1.29 bits per heavy atom. The minimum absolute atomic E-state index is 0.499. The van der Waals surface area contributed by atoms with Crippen LogP contribution in [0.5, 0.6) is 0 Å². The number of carboxylic acid groups (broad SMARTS) is 1. The lowest BCUT2D eigenvalue weighted by Gasteiger charge is -2.12. The summed E-state index contributed by atoms with van der Waals surface area (Å²) in [5.74, 6) is -1.34. The quantitative estimate of drug-likeness (QED) is 0.774. The Morgan fingerprint density at radius 2 is 2.10 bits per heavy atom. The van der Waals surface area contributed by atoms with Crippen molar-refractivity contribution in [3.63, 3.8) is 0 Å². The Balaban J connectivity index is 2.35. The molecule has 0 aliphatic rings. The summed E-state index contributed by atoms with van der Waals surface area (Å²) in [6, 6.07) is 8.70. The van der Waals surface area contributed by atoms with Crippen LogP contribution in [-0.2, 0) is 0 Å². The molecule has 3 aromatic rings. The van der Waals surface area contributed by atoms with Gasteiger partial charge in [-0.05, 0) is 24.4 Å². The van der Waals surface area contributed by atoms with E-state index in [-0.39, 0.29) is 0 Å². The van der Waals surface area contributed by atoms with E-state index in [2.05, 4.69) is 10.1 Å². The van der Waals surface area contributed by atoms with E-state index in [4.69, 9.17) is 5.11 Å². The fourth-order valence-electron chi connectivity index (χ4n) is 2.22. The van der Waals surface area contributed by atoms with Gasteiger partial charge in [0.05, 0.1) is 5.69 Å². The summed E-state index contributed by atoms with van der Waals surface area (Å²) in [7, 11) is 0. The molecule has 21 heavy (non-hydrogen) atoms. The maximum atomic E-state index is 11.7. The summed E-state index contributed by atoms with van der Waals surface area (Å²) in [6.07, 6.45) is 3.37. The van der Waals surface area contributed by atoms with Crippen molar-refractivity contribution in [2.75, 3.05) is 0 Å². The maximum Gasteiger partial charge on any atom is 0.360 e. The number of aryl methyl sites for hydroxylation is 1. The van der Waals surface area contributed by atoms with Crippen LogP contribution in [-0.4, -0.2) is 25.8 Å². The standard InChI is InChI=1S/C15H11N3O3/c1-9-7-13(19)14(15(20)21)17-18(9)12-4-2-3-10-5-6-16-8-11(10)12/h2-8H,1H3,(H,20,21). The van der Waals surface area contributed by atoms with E-state index >= 15 is 0 Å². The highest BCUT2D eigenvalue weighted by molar-refractivity contribution is 5.89. The minimum atomic E-state index is -1.34. The number of aromatic carboxylic acids is 1. The van der Waals surface area contributed by atoms with E-state index < -0.39 is 17.1 Å². The lowest BCUT2D eigenvalue weighted by Crippen LogP contribution is -2.22. The molecule has 0 spiro atoms.